The SMILES string of the molecule is COC(=O)Cc1ccc(OCCNC(=O)[C@@H]2Cc3ccccc3N2S(=O)(=O)c2ccc(-c3ccc(F)cc3C(F)(F)F)cc2)cc1. The van der Waals surface area contributed by atoms with Gasteiger partial charge in [-0.15, -0.1) is 0 Å². The molecule has 240 valence electrons. The zero-order valence-corrected chi connectivity index (χ0v) is 25.2. The first kappa shape index (κ1) is 32.5. The number of benzene rings is 4. The monoisotopic (exact) mass is 656 g/mol. The fourth-order valence-electron chi connectivity index (χ4n) is 5.18. The zero-order chi connectivity index (χ0) is 33.1. The average Bonchev–Trinajstić information content (AvgIpc) is 3.44. The van der Waals surface area contributed by atoms with Crippen molar-refractivity contribution in [2.45, 2.75) is 30.0 Å². The molecule has 1 aliphatic rings. The third-order valence-corrected chi connectivity index (χ3v) is 9.24. The number of nitrogens with one attached hydrogen (secondary N) is 1. The van der Waals surface area contributed by atoms with Gasteiger partial charge in [0.25, 0.3) is 10.0 Å². The van der Waals surface area contributed by atoms with E-state index in [1.165, 1.54) is 19.2 Å². The second-order valence-electron chi connectivity index (χ2n) is 10.4. The molecule has 0 spiro atoms. The summed E-state index contributed by atoms with van der Waals surface area (Å²) in [4.78, 5) is 24.5. The van der Waals surface area contributed by atoms with Crippen molar-refractivity contribution in [3.05, 3.63) is 114 Å². The molecule has 0 saturated heterocycles. The van der Waals surface area contributed by atoms with E-state index in [9.17, 15) is 35.6 Å². The van der Waals surface area contributed by atoms with E-state index < -0.39 is 39.5 Å². The summed E-state index contributed by atoms with van der Waals surface area (Å²) < 4.78 is 93.5. The Morgan fingerprint density at radius 1 is 0.957 bits per heavy atom. The highest BCUT2D eigenvalue weighted by atomic mass is 32.2. The third kappa shape index (κ3) is 6.99. The van der Waals surface area contributed by atoms with Gasteiger partial charge in [0.05, 0.1) is 36.2 Å². The van der Waals surface area contributed by atoms with Crippen molar-refractivity contribution in [3.8, 4) is 16.9 Å². The highest BCUT2D eigenvalue weighted by Gasteiger charge is 2.42. The molecule has 1 amide bonds. The Bertz CT molecular complexity index is 1850. The Kier molecular flexibility index (Phi) is 9.33. The number of alkyl halides is 3. The van der Waals surface area contributed by atoms with Crippen LogP contribution >= 0.6 is 0 Å². The van der Waals surface area contributed by atoms with Crippen LogP contribution in [0.15, 0.2) is 95.9 Å². The van der Waals surface area contributed by atoms with Crippen molar-refractivity contribution in [2.24, 2.45) is 0 Å². The average molecular weight is 657 g/mol. The van der Waals surface area contributed by atoms with Crippen LogP contribution in [-0.4, -0.2) is 46.6 Å². The molecule has 0 aliphatic carbocycles. The second-order valence-corrected chi connectivity index (χ2v) is 12.2. The van der Waals surface area contributed by atoms with Gasteiger partial charge in [0.1, 0.15) is 24.2 Å². The van der Waals surface area contributed by atoms with Crippen LogP contribution in [0, 0.1) is 5.82 Å². The normalized spacial score (nSPS) is 14.5. The molecular weight excluding hydrogens is 628 g/mol. The van der Waals surface area contributed by atoms with Gasteiger partial charge < -0.3 is 14.8 Å². The number of halogens is 4. The number of esters is 1. The molecular formula is C33H28F4N2O6S. The summed E-state index contributed by atoms with van der Waals surface area (Å²) >= 11 is 0. The first-order valence-electron chi connectivity index (χ1n) is 14.0. The van der Waals surface area contributed by atoms with Crippen molar-refractivity contribution >= 4 is 27.6 Å². The summed E-state index contributed by atoms with van der Waals surface area (Å²) in [6.07, 6.45) is -4.61. The lowest BCUT2D eigenvalue weighted by molar-refractivity contribution is -0.140. The summed E-state index contributed by atoms with van der Waals surface area (Å²) in [5.41, 5.74) is 0.236. The quantitative estimate of drug-likeness (QED) is 0.137. The molecule has 1 aliphatic heterocycles. The molecule has 1 atom stereocenters. The predicted molar refractivity (Wildman–Crippen MR) is 161 cm³/mol. The molecule has 0 aromatic heterocycles. The lowest BCUT2D eigenvalue weighted by atomic mass is 9.99. The van der Waals surface area contributed by atoms with Crippen LogP contribution < -0.4 is 14.4 Å². The van der Waals surface area contributed by atoms with Crippen LogP contribution in [0.1, 0.15) is 16.7 Å². The lowest BCUT2D eigenvalue weighted by Gasteiger charge is -2.26. The standard InChI is InChI=1S/C33H28F4N2O6S/c1-44-31(40)18-21-6-11-25(12-7-21)45-17-16-38-32(41)30-19-23-4-2-3-5-29(23)39(30)46(42,43)26-13-8-22(9-14-26)27-15-10-24(34)20-28(27)33(35,36)37/h2-15,20,30H,16-19H2,1H3,(H,38,41)/t30-/m0/s1. The van der Waals surface area contributed by atoms with E-state index in [-0.39, 0.29) is 48.0 Å². The smallest absolute Gasteiger partial charge is 0.417 e. The number of nitrogens with zero attached hydrogens (tertiary/aromatic N) is 1. The molecule has 1 heterocycles. The van der Waals surface area contributed by atoms with Gasteiger partial charge >= 0.3 is 12.1 Å². The van der Waals surface area contributed by atoms with E-state index in [4.69, 9.17) is 4.74 Å². The Balaban J connectivity index is 1.30. The number of para-hydroxylation sites is 1. The number of rotatable bonds is 10. The van der Waals surface area contributed by atoms with E-state index in [2.05, 4.69) is 10.1 Å². The maximum Gasteiger partial charge on any atom is 0.417 e. The molecule has 5 rings (SSSR count). The van der Waals surface area contributed by atoms with Crippen LogP contribution in [-0.2, 0) is 43.4 Å². The highest BCUT2D eigenvalue weighted by molar-refractivity contribution is 7.93. The summed E-state index contributed by atoms with van der Waals surface area (Å²) in [6.45, 7) is 0.149. The summed E-state index contributed by atoms with van der Waals surface area (Å²) in [7, 11) is -3.05. The van der Waals surface area contributed by atoms with Crippen molar-refractivity contribution in [1.82, 2.24) is 5.32 Å². The zero-order valence-electron chi connectivity index (χ0n) is 24.4. The van der Waals surface area contributed by atoms with Gasteiger partial charge in [0, 0.05) is 6.42 Å². The minimum Gasteiger partial charge on any atom is -0.492 e. The fraction of sp³-hybridized carbons (Fsp3) is 0.212. The molecule has 0 radical (unpaired) electrons. The minimum absolute atomic E-state index is 0.0421. The molecule has 0 saturated carbocycles. The van der Waals surface area contributed by atoms with Gasteiger partial charge in [-0.3, -0.25) is 13.9 Å². The van der Waals surface area contributed by atoms with Crippen LogP contribution in [0.5, 0.6) is 5.75 Å². The van der Waals surface area contributed by atoms with Crippen molar-refractivity contribution in [3.63, 3.8) is 0 Å². The molecule has 1 N–H and O–H groups in total. The van der Waals surface area contributed by atoms with Gasteiger partial charge in [0.2, 0.25) is 5.91 Å². The van der Waals surface area contributed by atoms with Crippen molar-refractivity contribution in [2.75, 3.05) is 24.6 Å². The van der Waals surface area contributed by atoms with Crippen molar-refractivity contribution < 1.29 is 45.0 Å². The Morgan fingerprint density at radius 2 is 1.65 bits per heavy atom. The van der Waals surface area contributed by atoms with Gasteiger partial charge in [-0.1, -0.05) is 48.5 Å². The van der Waals surface area contributed by atoms with E-state index in [1.54, 1.807) is 48.5 Å². The maximum absolute atomic E-state index is 13.9. The van der Waals surface area contributed by atoms with Gasteiger partial charge in [-0.25, -0.2) is 12.8 Å². The number of carbonyl (C=O) groups excluding carboxylic acids is 2. The molecule has 8 nitrogen and oxygen atoms in total. The van der Waals surface area contributed by atoms with Crippen LogP contribution in [0.3, 0.4) is 0 Å². The molecule has 0 bridgehead atoms. The maximum atomic E-state index is 13.9. The van der Waals surface area contributed by atoms with E-state index in [0.29, 0.717) is 23.1 Å². The summed E-state index contributed by atoms with van der Waals surface area (Å²) in [5, 5.41) is 2.72. The molecule has 13 heteroatoms. The topological polar surface area (TPSA) is 102 Å². The molecule has 0 unspecified atom stereocenters. The van der Waals surface area contributed by atoms with Crippen LogP contribution in [0.4, 0.5) is 23.2 Å². The Hall–Kier alpha value is -4.91. The number of fused-ring (bicyclic) bond motifs is 1. The number of sulfonamides is 1. The Morgan fingerprint density at radius 3 is 2.33 bits per heavy atom. The first-order valence-corrected chi connectivity index (χ1v) is 15.5. The molecule has 0 fully saturated rings. The second kappa shape index (κ2) is 13.2. The van der Waals surface area contributed by atoms with E-state index >= 15 is 0 Å². The molecule has 46 heavy (non-hydrogen) atoms. The number of hydrogen-bond acceptors (Lipinski definition) is 6. The summed E-state index contributed by atoms with van der Waals surface area (Å²) in [6, 6.07) is 19.3. The largest absolute Gasteiger partial charge is 0.492 e. The highest BCUT2D eigenvalue weighted by Crippen LogP contribution is 2.39. The predicted octanol–water partition coefficient (Wildman–Crippen LogP) is 5.54. The number of ether oxygens (including phenoxy) is 2. The number of methoxy groups -OCH3 is 1. The van der Waals surface area contributed by atoms with E-state index in [1.807, 2.05) is 0 Å². The van der Waals surface area contributed by atoms with Gasteiger partial charge in [-0.05, 0) is 64.7 Å². The molecule has 4 aromatic carbocycles. The number of carbonyl (C=O) groups is 2. The van der Waals surface area contributed by atoms with Gasteiger partial charge in [-0.2, -0.15) is 13.2 Å². The molecule has 4 aromatic rings. The van der Waals surface area contributed by atoms with Crippen molar-refractivity contribution in [1.29, 1.82) is 0 Å². The number of amides is 1. The fourth-order valence-corrected chi connectivity index (χ4v) is 6.83. The number of hydrogen-bond donors (Lipinski definition) is 1. The summed E-state index contributed by atoms with van der Waals surface area (Å²) in [5.74, 6) is -1.48. The minimum atomic E-state index is -4.83. The third-order valence-electron chi connectivity index (χ3n) is 7.41. The van der Waals surface area contributed by atoms with E-state index in [0.717, 1.165) is 34.1 Å². The van der Waals surface area contributed by atoms with Crippen LogP contribution in [0.2, 0.25) is 0 Å². The van der Waals surface area contributed by atoms with Gasteiger partial charge in [0.15, 0.2) is 0 Å². The number of anilines is 1. The Labute approximate surface area is 262 Å². The van der Waals surface area contributed by atoms with Crippen LogP contribution in [0.25, 0.3) is 11.1 Å². The first-order chi connectivity index (χ1) is 21.9. The lowest BCUT2D eigenvalue weighted by Crippen LogP contribution is -2.48.